The number of carbonyl (C=O) groups excluding carboxylic acids is 1. The van der Waals surface area contributed by atoms with Crippen molar-refractivity contribution in [3.8, 4) is 0 Å². The highest BCUT2D eigenvalue weighted by Gasteiger charge is 2.09. The Hall–Kier alpha value is -1.62. The van der Waals surface area contributed by atoms with Gasteiger partial charge in [-0.05, 0) is 47.1 Å². The van der Waals surface area contributed by atoms with Crippen molar-refractivity contribution >= 4 is 33.5 Å². The van der Waals surface area contributed by atoms with Crippen LogP contribution < -0.4 is 5.32 Å². The third-order valence-corrected chi connectivity index (χ3v) is 2.47. The van der Waals surface area contributed by atoms with E-state index >= 15 is 0 Å². The highest BCUT2D eigenvalue weighted by atomic mass is 79.9. The number of benzene rings is 1. The zero-order valence-corrected chi connectivity index (χ0v) is 10.1. The number of aromatic carboxylic acids is 1. The molecule has 1 aromatic rings. The van der Waals surface area contributed by atoms with Gasteiger partial charge in [-0.15, -0.1) is 0 Å². The van der Waals surface area contributed by atoms with E-state index in [0.717, 1.165) is 0 Å². The largest absolute Gasteiger partial charge is 0.478 e. The first-order valence-corrected chi connectivity index (χ1v) is 5.30. The predicted octanol–water partition coefficient (Wildman–Crippen LogP) is 2.66. The van der Waals surface area contributed by atoms with Crippen LogP contribution in [0.4, 0.5) is 5.69 Å². The summed E-state index contributed by atoms with van der Waals surface area (Å²) in [7, 11) is 0. The number of anilines is 1. The molecule has 1 amide bonds. The van der Waals surface area contributed by atoms with Gasteiger partial charge in [-0.25, -0.2) is 4.79 Å². The van der Waals surface area contributed by atoms with E-state index in [1.807, 2.05) is 0 Å². The molecule has 2 N–H and O–H groups in total. The fourth-order valence-electron chi connectivity index (χ4n) is 1.10. The molecule has 1 rings (SSSR count). The summed E-state index contributed by atoms with van der Waals surface area (Å²) in [6.45, 7) is 1.73. The molecular weight excluding hydrogens is 274 g/mol. The Bertz CT molecular complexity index is 455. The monoisotopic (exact) mass is 283 g/mol. The fraction of sp³-hybridized carbons (Fsp3) is 0.0909. The van der Waals surface area contributed by atoms with Gasteiger partial charge in [0.15, 0.2) is 0 Å². The number of carboxylic acids is 1. The molecule has 0 saturated heterocycles. The molecule has 0 aliphatic heterocycles. The van der Waals surface area contributed by atoms with Crippen LogP contribution in [0, 0.1) is 0 Å². The lowest BCUT2D eigenvalue weighted by Crippen LogP contribution is -2.08. The maximum absolute atomic E-state index is 11.2. The van der Waals surface area contributed by atoms with Crippen molar-refractivity contribution in [1.29, 1.82) is 0 Å². The normalized spacial score (nSPS) is 10.4. The van der Waals surface area contributed by atoms with Gasteiger partial charge in [-0.3, -0.25) is 4.79 Å². The summed E-state index contributed by atoms with van der Waals surface area (Å²) in [6, 6.07) is 4.60. The number of nitrogens with one attached hydrogen (secondary N) is 1. The van der Waals surface area contributed by atoms with Gasteiger partial charge >= 0.3 is 5.97 Å². The van der Waals surface area contributed by atoms with Gasteiger partial charge in [0, 0.05) is 10.2 Å². The molecule has 0 radical (unpaired) electrons. The molecule has 0 aliphatic carbocycles. The highest BCUT2D eigenvalue weighted by molar-refractivity contribution is 9.10. The maximum Gasteiger partial charge on any atom is 0.336 e. The summed E-state index contributed by atoms with van der Waals surface area (Å²) < 4.78 is 0.476. The summed E-state index contributed by atoms with van der Waals surface area (Å²) in [5, 5.41) is 11.4. The quantitative estimate of drug-likeness (QED) is 0.838. The summed E-state index contributed by atoms with van der Waals surface area (Å²) in [5.41, 5.74) is 0.557. The summed E-state index contributed by atoms with van der Waals surface area (Å²) in [6.07, 6.45) is 2.97. The molecule has 0 unspecified atom stereocenters. The van der Waals surface area contributed by atoms with E-state index in [4.69, 9.17) is 5.11 Å². The molecule has 1 aromatic carbocycles. The Kier molecular flexibility index (Phi) is 4.25. The SMILES string of the molecule is C/C=C/C(=O)Nc1ccc(Br)c(C(=O)O)c1. The molecule has 84 valence electrons. The molecule has 0 bridgehead atoms. The Morgan fingerprint density at radius 1 is 1.44 bits per heavy atom. The molecule has 0 atom stereocenters. The minimum absolute atomic E-state index is 0.110. The summed E-state index contributed by atoms with van der Waals surface area (Å²) in [4.78, 5) is 22.1. The lowest BCUT2D eigenvalue weighted by atomic mass is 10.2. The van der Waals surface area contributed by atoms with E-state index in [-0.39, 0.29) is 11.5 Å². The molecule has 4 nitrogen and oxygen atoms in total. The molecule has 0 saturated carbocycles. The van der Waals surface area contributed by atoms with E-state index in [0.29, 0.717) is 10.2 Å². The van der Waals surface area contributed by atoms with Crippen molar-refractivity contribution in [2.24, 2.45) is 0 Å². The smallest absolute Gasteiger partial charge is 0.336 e. The third kappa shape index (κ3) is 3.20. The Balaban J connectivity index is 2.95. The van der Waals surface area contributed by atoms with Gasteiger partial charge in [0.25, 0.3) is 0 Å². The van der Waals surface area contributed by atoms with Gasteiger partial charge in [0.1, 0.15) is 0 Å². The number of halogens is 1. The van der Waals surface area contributed by atoms with Crippen LogP contribution in [-0.2, 0) is 4.79 Å². The summed E-state index contributed by atoms with van der Waals surface area (Å²) >= 11 is 3.12. The fourth-order valence-corrected chi connectivity index (χ4v) is 1.52. The van der Waals surface area contributed by atoms with Crippen LogP contribution in [-0.4, -0.2) is 17.0 Å². The van der Waals surface area contributed by atoms with Crippen LogP contribution in [0.1, 0.15) is 17.3 Å². The van der Waals surface area contributed by atoms with Crippen LogP contribution in [0.25, 0.3) is 0 Å². The van der Waals surface area contributed by atoms with Crippen LogP contribution >= 0.6 is 15.9 Å². The second kappa shape index (κ2) is 5.46. The van der Waals surface area contributed by atoms with Gasteiger partial charge < -0.3 is 10.4 Å². The molecule has 0 spiro atoms. The minimum atomic E-state index is -1.05. The van der Waals surface area contributed by atoms with Crippen LogP contribution in [0.15, 0.2) is 34.8 Å². The number of rotatable bonds is 3. The first-order chi connectivity index (χ1) is 7.54. The van der Waals surface area contributed by atoms with Gasteiger partial charge in [-0.2, -0.15) is 0 Å². The van der Waals surface area contributed by atoms with E-state index < -0.39 is 5.97 Å². The van der Waals surface area contributed by atoms with Crippen LogP contribution in [0.2, 0.25) is 0 Å². The molecule has 0 fully saturated rings. The van der Waals surface area contributed by atoms with Crippen molar-refractivity contribution in [1.82, 2.24) is 0 Å². The Morgan fingerprint density at radius 3 is 2.69 bits per heavy atom. The first kappa shape index (κ1) is 12.4. The zero-order chi connectivity index (χ0) is 12.1. The lowest BCUT2D eigenvalue weighted by Gasteiger charge is -2.04. The number of hydrogen-bond donors (Lipinski definition) is 2. The number of carbonyl (C=O) groups is 2. The van der Waals surface area contributed by atoms with Crippen molar-refractivity contribution in [3.63, 3.8) is 0 Å². The lowest BCUT2D eigenvalue weighted by molar-refractivity contribution is -0.111. The Labute approximate surface area is 101 Å². The number of hydrogen-bond acceptors (Lipinski definition) is 2. The summed E-state index contributed by atoms with van der Waals surface area (Å²) in [5.74, 6) is -1.34. The van der Waals surface area contributed by atoms with Crippen molar-refractivity contribution in [2.45, 2.75) is 6.92 Å². The minimum Gasteiger partial charge on any atom is -0.478 e. The number of amides is 1. The first-order valence-electron chi connectivity index (χ1n) is 4.51. The van der Waals surface area contributed by atoms with Crippen molar-refractivity contribution < 1.29 is 14.7 Å². The maximum atomic E-state index is 11.2. The van der Waals surface area contributed by atoms with Crippen molar-refractivity contribution in [2.75, 3.05) is 5.32 Å². The van der Waals surface area contributed by atoms with Crippen LogP contribution in [0.3, 0.4) is 0 Å². The molecule has 0 aromatic heterocycles. The zero-order valence-electron chi connectivity index (χ0n) is 8.53. The molecule has 0 aliphatic rings. The molecule has 16 heavy (non-hydrogen) atoms. The topological polar surface area (TPSA) is 66.4 Å². The molecule has 0 heterocycles. The van der Waals surface area contributed by atoms with Crippen LogP contribution in [0.5, 0.6) is 0 Å². The van der Waals surface area contributed by atoms with E-state index in [2.05, 4.69) is 21.2 Å². The molecule has 5 heteroatoms. The van der Waals surface area contributed by atoms with E-state index in [1.54, 1.807) is 25.1 Å². The number of allylic oxidation sites excluding steroid dienone is 1. The predicted molar refractivity (Wildman–Crippen MR) is 64.5 cm³/mol. The molecular formula is C11H10BrNO3. The third-order valence-electron chi connectivity index (χ3n) is 1.78. The van der Waals surface area contributed by atoms with Crippen molar-refractivity contribution in [3.05, 3.63) is 40.4 Å². The van der Waals surface area contributed by atoms with E-state index in [1.165, 1.54) is 12.1 Å². The second-order valence-electron chi connectivity index (χ2n) is 2.99. The average molecular weight is 284 g/mol. The van der Waals surface area contributed by atoms with E-state index in [9.17, 15) is 9.59 Å². The number of carboxylic acid groups (broad SMARTS) is 1. The Morgan fingerprint density at radius 2 is 2.12 bits per heavy atom. The van der Waals surface area contributed by atoms with Gasteiger partial charge in [0.2, 0.25) is 5.91 Å². The average Bonchev–Trinajstić information content (AvgIpc) is 2.21. The standard InChI is InChI=1S/C11H10BrNO3/c1-2-3-10(14)13-7-4-5-9(12)8(6-7)11(15)16/h2-6H,1H3,(H,13,14)(H,15,16)/b3-2+. The second-order valence-corrected chi connectivity index (χ2v) is 3.84. The van der Waals surface area contributed by atoms with Gasteiger partial charge in [-0.1, -0.05) is 6.08 Å². The highest BCUT2D eigenvalue weighted by Crippen LogP contribution is 2.21. The van der Waals surface area contributed by atoms with Gasteiger partial charge in [0.05, 0.1) is 5.56 Å².